The van der Waals surface area contributed by atoms with Crippen LogP contribution in [0, 0.1) is 0 Å². The number of carboxylic acids is 1. The number of carboxylic acid groups (broad SMARTS) is 1. The van der Waals surface area contributed by atoms with Gasteiger partial charge in [-0.1, -0.05) is 6.92 Å². The third-order valence-electron chi connectivity index (χ3n) is 3.73. The molecule has 2 aliphatic rings. The van der Waals surface area contributed by atoms with Gasteiger partial charge < -0.3 is 25.1 Å². The van der Waals surface area contributed by atoms with Gasteiger partial charge in [-0.25, -0.2) is 0 Å². The van der Waals surface area contributed by atoms with E-state index in [2.05, 4.69) is 0 Å². The van der Waals surface area contributed by atoms with Gasteiger partial charge in [-0.15, -0.1) is 0 Å². The zero-order valence-electron chi connectivity index (χ0n) is 11.7. The van der Waals surface area contributed by atoms with Crippen molar-refractivity contribution in [3.63, 3.8) is 0 Å². The number of hydrogen-bond acceptors (Lipinski definition) is 5. The Morgan fingerprint density at radius 3 is 2.47 bits per heavy atom. The molecule has 0 aromatic carbocycles. The largest absolute Gasteiger partial charge is 0.481 e. The molecule has 2 fully saturated rings. The molecule has 0 bridgehead atoms. The van der Waals surface area contributed by atoms with Gasteiger partial charge in [0.2, 0.25) is 0 Å². The summed E-state index contributed by atoms with van der Waals surface area (Å²) in [5.41, 5.74) is 6.17. The average molecular weight is 273 g/mol. The number of carbonyl (C=O) groups is 1. The average Bonchev–Trinajstić information content (AvgIpc) is 2.64. The van der Waals surface area contributed by atoms with Crippen LogP contribution in [0.4, 0.5) is 0 Å². The molecule has 2 aliphatic heterocycles. The predicted molar refractivity (Wildman–Crippen MR) is 67.6 cm³/mol. The molecule has 110 valence electrons. The second-order valence-corrected chi connectivity index (χ2v) is 5.70. The lowest BCUT2D eigenvalue weighted by Crippen LogP contribution is -2.59. The van der Waals surface area contributed by atoms with E-state index >= 15 is 0 Å². The molecule has 2 saturated heterocycles. The van der Waals surface area contributed by atoms with Crippen molar-refractivity contribution in [2.45, 2.75) is 76.3 Å². The first-order valence-electron chi connectivity index (χ1n) is 6.82. The summed E-state index contributed by atoms with van der Waals surface area (Å²) in [7, 11) is 0. The minimum Gasteiger partial charge on any atom is -0.481 e. The molecule has 0 spiro atoms. The van der Waals surface area contributed by atoms with Gasteiger partial charge in [-0.05, 0) is 26.7 Å². The Hall–Kier alpha value is -0.690. The molecule has 2 rings (SSSR count). The topological polar surface area (TPSA) is 91.0 Å². The number of hydrogen-bond donors (Lipinski definition) is 2. The Bertz CT molecular complexity index is 346. The van der Waals surface area contributed by atoms with E-state index in [-0.39, 0.29) is 36.9 Å². The Balaban J connectivity index is 2.08. The Kier molecular flexibility index (Phi) is 4.15. The highest BCUT2D eigenvalue weighted by Gasteiger charge is 2.53. The third-order valence-corrected chi connectivity index (χ3v) is 3.73. The van der Waals surface area contributed by atoms with Gasteiger partial charge in [0.05, 0.1) is 18.2 Å². The van der Waals surface area contributed by atoms with Crippen molar-refractivity contribution in [1.29, 1.82) is 0 Å². The van der Waals surface area contributed by atoms with Crippen LogP contribution in [0.15, 0.2) is 0 Å². The van der Waals surface area contributed by atoms with Crippen molar-refractivity contribution >= 4 is 5.97 Å². The van der Waals surface area contributed by atoms with Crippen LogP contribution in [-0.4, -0.2) is 47.3 Å². The van der Waals surface area contributed by atoms with Crippen LogP contribution in [0.3, 0.4) is 0 Å². The quantitative estimate of drug-likeness (QED) is 0.790. The smallest absolute Gasteiger partial charge is 0.303 e. The lowest BCUT2D eigenvalue weighted by atomic mass is 9.90. The highest BCUT2D eigenvalue weighted by Crippen LogP contribution is 2.38. The maximum atomic E-state index is 10.7. The second kappa shape index (κ2) is 5.36. The highest BCUT2D eigenvalue weighted by atomic mass is 16.8. The standard InChI is InChI=1S/C13H23NO5/c1-4-7-11-12(19-13(2,3)18-11)10(14)8(17-7)5-6-9(15)16/h7-8,10-12H,4-6,14H2,1-3H3,(H,15,16)/t7-,8?,10+,11+,12-/m1/s1. The summed E-state index contributed by atoms with van der Waals surface area (Å²) in [6, 6.07) is -0.353. The number of rotatable bonds is 4. The minimum atomic E-state index is -0.838. The zero-order chi connectivity index (χ0) is 14.2. The predicted octanol–water partition coefficient (Wildman–Crippen LogP) is 0.876. The molecule has 0 amide bonds. The minimum absolute atomic E-state index is 0.0520. The van der Waals surface area contributed by atoms with Crippen molar-refractivity contribution in [1.82, 2.24) is 0 Å². The summed E-state index contributed by atoms with van der Waals surface area (Å²) < 4.78 is 17.6. The molecule has 0 radical (unpaired) electrons. The Morgan fingerprint density at radius 2 is 1.89 bits per heavy atom. The third kappa shape index (κ3) is 3.08. The molecule has 5 atom stereocenters. The maximum absolute atomic E-state index is 10.7. The summed E-state index contributed by atoms with van der Waals surface area (Å²) >= 11 is 0. The lowest BCUT2D eigenvalue weighted by Gasteiger charge is -2.40. The first-order valence-corrected chi connectivity index (χ1v) is 6.82. The number of ether oxygens (including phenoxy) is 3. The Labute approximate surface area is 113 Å². The van der Waals surface area contributed by atoms with Crippen LogP contribution in [0.2, 0.25) is 0 Å². The van der Waals surface area contributed by atoms with Crippen LogP contribution in [0.1, 0.15) is 40.0 Å². The molecule has 0 saturated carbocycles. The van der Waals surface area contributed by atoms with E-state index in [0.717, 1.165) is 6.42 Å². The number of nitrogens with two attached hydrogens (primary N) is 1. The fourth-order valence-corrected chi connectivity index (χ4v) is 2.86. The molecule has 3 N–H and O–H groups in total. The van der Waals surface area contributed by atoms with E-state index in [4.69, 9.17) is 25.1 Å². The molecule has 0 aromatic heterocycles. The summed E-state index contributed by atoms with van der Waals surface area (Å²) in [5, 5.41) is 8.77. The van der Waals surface area contributed by atoms with Gasteiger partial charge in [0, 0.05) is 6.42 Å². The van der Waals surface area contributed by atoms with Gasteiger partial charge in [0.1, 0.15) is 12.2 Å². The maximum Gasteiger partial charge on any atom is 0.303 e. The zero-order valence-corrected chi connectivity index (χ0v) is 11.7. The second-order valence-electron chi connectivity index (χ2n) is 5.70. The van der Waals surface area contributed by atoms with Crippen LogP contribution >= 0.6 is 0 Å². The molecule has 1 unspecified atom stereocenters. The fourth-order valence-electron chi connectivity index (χ4n) is 2.86. The SMILES string of the molecule is CC[C@H]1OC(CCC(=O)O)[C@H](N)[C@H]2OC(C)(C)O[C@H]21. The number of aliphatic carboxylic acids is 1. The van der Waals surface area contributed by atoms with Crippen molar-refractivity contribution < 1.29 is 24.1 Å². The van der Waals surface area contributed by atoms with Gasteiger partial charge in [-0.3, -0.25) is 4.79 Å². The van der Waals surface area contributed by atoms with Crippen molar-refractivity contribution in [3.05, 3.63) is 0 Å². The molecule has 2 heterocycles. The van der Waals surface area contributed by atoms with E-state index in [1.165, 1.54) is 0 Å². The highest BCUT2D eigenvalue weighted by molar-refractivity contribution is 5.66. The Morgan fingerprint density at radius 1 is 1.26 bits per heavy atom. The van der Waals surface area contributed by atoms with E-state index in [1.54, 1.807) is 0 Å². The van der Waals surface area contributed by atoms with Gasteiger partial charge in [-0.2, -0.15) is 0 Å². The van der Waals surface area contributed by atoms with E-state index < -0.39 is 11.8 Å². The molecule has 19 heavy (non-hydrogen) atoms. The van der Waals surface area contributed by atoms with Gasteiger partial charge >= 0.3 is 5.97 Å². The normalized spacial score (nSPS) is 40.9. The summed E-state index contributed by atoms with van der Waals surface area (Å²) in [6.07, 6.45) is 0.460. The van der Waals surface area contributed by atoms with Crippen LogP contribution in [0.5, 0.6) is 0 Å². The van der Waals surface area contributed by atoms with Crippen molar-refractivity contribution in [3.8, 4) is 0 Å². The van der Waals surface area contributed by atoms with Crippen LogP contribution in [0.25, 0.3) is 0 Å². The number of fused-ring (bicyclic) bond motifs is 1. The van der Waals surface area contributed by atoms with Crippen LogP contribution < -0.4 is 5.73 Å². The fraction of sp³-hybridized carbons (Fsp3) is 0.923. The van der Waals surface area contributed by atoms with E-state index in [0.29, 0.717) is 6.42 Å². The molecule has 0 aliphatic carbocycles. The monoisotopic (exact) mass is 273 g/mol. The van der Waals surface area contributed by atoms with Crippen molar-refractivity contribution in [2.75, 3.05) is 0 Å². The molecule has 6 heteroatoms. The van der Waals surface area contributed by atoms with E-state index in [9.17, 15) is 4.79 Å². The first-order chi connectivity index (χ1) is 8.84. The molecule has 0 aromatic rings. The summed E-state index contributed by atoms with van der Waals surface area (Å²) in [5.74, 6) is -1.50. The van der Waals surface area contributed by atoms with Gasteiger partial charge in [0.15, 0.2) is 5.79 Å². The van der Waals surface area contributed by atoms with Crippen LogP contribution in [-0.2, 0) is 19.0 Å². The molecular weight excluding hydrogens is 250 g/mol. The van der Waals surface area contributed by atoms with E-state index in [1.807, 2.05) is 20.8 Å². The first kappa shape index (κ1) is 14.7. The van der Waals surface area contributed by atoms with Crippen molar-refractivity contribution in [2.24, 2.45) is 5.73 Å². The lowest BCUT2D eigenvalue weighted by molar-refractivity contribution is -0.161. The van der Waals surface area contributed by atoms with Gasteiger partial charge in [0.25, 0.3) is 0 Å². The molecule has 6 nitrogen and oxygen atoms in total. The summed E-state index contributed by atoms with van der Waals surface area (Å²) in [6.45, 7) is 5.73. The molecular formula is C13H23NO5. The summed E-state index contributed by atoms with van der Waals surface area (Å²) in [4.78, 5) is 10.7.